The molecule has 0 saturated carbocycles. The van der Waals surface area contributed by atoms with Crippen molar-refractivity contribution in [3.63, 3.8) is 0 Å². The molecule has 76 valence electrons. The highest BCUT2D eigenvalue weighted by Gasteiger charge is 2.14. The van der Waals surface area contributed by atoms with Gasteiger partial charge in [-0.1, -0.05) is 24.3 Å². The number of nitrogens with zero attached hydrogens (tertiary/aromatic N) is 2. The second kappa shape index (κ2) is 3.57. The van der Waals surface area contributed by atoms with Gasteiger partial charge in [-0.2, -0.15) is 0 Å². The van der Waals surface area contributed by atoms with Gasteiger partial charge in [0.25, 0.3) is 6.20 Å². The van der Waals surface area contributed by atoms with Gasteiger partial charge in [-0.05, 0) is 17.7 Å². The third-order valence-electron chi connectivity index (χ3n) is 2.36. The van der Waals surface area contributed by atoms with E-state index in [0.717, 1.165) is 17.5 Å². The van der Waals surface area contributed by atoms with E-state index in [4.69, 9.17) is 0 Å². The molecule has 1 aliphatic rings. The van der Waals surface area contributed by atoms with E-state index in [2.05, 4.69) is 0 Å². The second-order valence-corrected chi connectivity index (χ2v) is 3.29. The van der Waals surface area contributed by atoms with Gasteiger partial charge in [0.15, 0.2) is 0 Å². The number of allylic oxidation sites excluding steroid dienone is 1. The monoisotopic (exact) mass is 202 g/mol. The van der Waals surface area contributed by atoms with Gasteiger partial charge in [0.1, 0.15) is 5.70 Å². The molecule has 0 atom stereocenters. The highest BCUT2D eigenvalue weighted by Crippen LogP contribution is 2.28. The molecule has 0 bridgehead atoms. The van der Waals surface area contributed by atoms with Crippen LogP contribution in [0, 0.1) is 10.1 Å². The highest BCUT2D eigenvalue weighted by atomic mass is 16.6. The average molecular weight is 202 g/mol. The van der Waals surface area contributed by atoms with Gasteiger partial charge in [0.2, 0.25) is 0 Å². The lowest BCUT2D eigenvalue weighted by atomic mass is 10.1. The SMILES string of the molecule is CN1C(=C[N+](=O)[O-])C=Cc2ccccc21. The van der Waals surface area contributed by atoms with Gasteiger partial charge in [-0.15, -0.1) is 0 Å². The first-order valence-corrected chi connectivity index (χ1v) is 4.54. The Morgan fingerprint density at radius 3 is 2.80 bits per heavy atom. The van der Waals surface area contributed by atoms with E-state index in [1.807, 2.05) is 37.4 Å². The predicted octanol–water partition coefficient (Wildman–Crippen LogP) is 2.27. The van der Waals surface area contributed by atoms with Crippen LogP contribution in [0.1, 0.15) is 5.56 Å². The maximum atomic E-state index is 10.4. The number of para-hydroxylation sites is 1. The summed E-state index contributed by atoms with van der Waals surface area (Å²) in [6, 6.07) is 7.77. The summed E-state index contributed by atoms with van der Waals surface area (Å²) in [5, 5.41) is 10.4. The minimum Gasteiger partial charge on any atom is -0.339 e. The van der Waals surface area contributed by atoms with Crippen LogP contribution in [-0.4, -0.2) is 12.0 Å². The van der Waals surface area contributed by atoms with Crippen LogP contribution in [0.15, 0.2) is 42.2 Å². The summed E-state index contributed by atoms with van der Waals surface area (Å²) in [5.41, 5.74) is 2.63. The Bertz CT molecular complexity index is 463. The highest BCUT2D eigenvalue weighted by molar-refractivity contribution is 5.75. The molecule has 0 unspecified atom stereocenters. The van der Waals surface area contributed by atoms with Crippen LogP contribution >= 0.6 is 0 Å². The predicted molar refractivity (Wildman–Crippen MR) is 59.0 cm³/mol. The van der Waals surface area contributed by atoms with Gasteiger partial charge < -0.3 is 4.90 Å². The molecule has 0 aliphatic carbocycles. The van der Waals surface area contributed by atoms with Crippen molar-refractivity contribution in [2.45, 2.75) is 0 Å². The number of hydrogen-bond donors (Lipinski definition) is 0. The minimum atomic E-state index is -0.440. The van der Waals surface area contributed by atoms with Crippen molar-refractivity contribution in [3.05, 3.63) is 57.9 Å². The number of anilines is 1. The van der Waals surface area contributed by atoms with Crippen molar-refractivity contribution in [2.75, 3.05) is 11.9 Å². The molecular weight excluding hydrogens is 192 g/mol. The molecule has 0 aromatic heterocycles. The lowest BCUT2D eigenvalue weighted by Gasteiger charge is -2.24. The molecule has 0 fully saturated rings. The van der Waals surface area contributed by atoms with E-state index in [1.165, 1.54) is 0 Å². The first-order valence-electron chi connectivity index (χ1n) is 4.54. The smallest absolute Gasteiger partial charge is 0.257 e. The Hall–Kier alpha value is -2.10. The van der Waals surface area contributed by atoms with Crippen molar-refractivity contribution >= 4 is 11.8 Å². The van der Waals surface area contributed by atoms with Crippen molar-refractivity contribution < 1.29 is 4.92 Å². The van der Waals surface area contributed by atoms with Crippen LogP contribution in [0.4, 0.5) is 5.69 Å². The van der Waals surface area contributed by atoms with Crippen LogP contribution in [-0.2, 0) is 0 Å². The first kappa shape index (κ1) is 9.45. The summed E-state index contributed by atoms with van der Waals surface area (Å²) in [6.07, 6.45) is 4.63. The molecule has 0 radical (unpaired) electrons. The van der Waals surface area contributed by atoms with Crippen molar-refractivity contribution in [1.82, 2.24) is 0 Å². The largest absolute Gasteiger partial charge is 0.339 e. The van der Waals surface area contributed by atoms with Gasteiger partial charge in [0, 0.05) is 12.7 Å². The average Bonchev–Trinajstić information content (AvgIpc) is 2.22. The molecule has 0 amide bonds. The van der Waals surface area contributed by atoms with Crippen LogP contribution in [0.5, 0.6) is 0 Å². The zero-order valence-corrected chi connectivity index (χ0v) is 8.25. The standard InChI is InChI=1S/C11H10N2O2/c1-12-10(8-13(14)15)7-6-9-4-2-3-5-11(9)12/h2-8H,1H3. The molecule has 15 heavy (non-hydrogen) atoms. The van der Waals surface area contributed by atoms with Gasteiger partial charge in [-0.25, -0.2) is 0 Å². The Morgan fingerprint density at radius 2 is 2.07 bits per heavy atom. The van der Waals surface area contributed by atoms with E-state index in [0.29, 0.717) is 5.70 Å². The fraction of sp³-hybridized carbons (Fsp3) is 0.0909. The molecule has 4 nitrogen and oxygen atoms in total. The van der Waals surface area contributed by atoms with Crippen LogP contribution in [0.2, 0.25) is 0 Å². The Kier molecular flexibility index (Phi) is 2.25. The van der Waals surface area contributed by atoms with E-state index in [1.54, 1.807) is 11.0 Å². The van der Waals surface area contributed by atoms with Crippen LogP contribution in [0.3, 0.4) is 0 Å². The van der Waals surface area contributed by atoms with Crippen molar-refractivity contribution in [1.29, 1.82) is 0 Å². The summed E-state index contributed by atoms with van der Waals surface area (Å²) >= 11 is 0. The number of hydrogen-bond acceptors (Lipinski definition) is 3. The zero-order valence-electron chi connectivity index (χ0n) is 8.25. The summed E-state index contributed by atoms with van der Waals surface area (Å²) in [4.78, 5) is 11.8. The second-order valence-electron chi connectivity index (χ2n) is 3.29. The maximum Gasteiger partial charge on any atom is 0.257 e. The normalized spacial score (nSPS) is 16.6. The summed E-state index contributed by atoms with van der Waals surface area (Å²) in [6.45, 7) is 0. The van der Waals surface area contributed by atoms with Crippen LogP contribution < -0.4 is 4.90 Å². The lowest BCUT2D eigenvalue weighted by molar-refractivity contribution is -0.403. The molecule has 1 aromatic rings. The Labute approximate surface area is 87.3 Å². The number of likely N-dealkylation sites (N-methyl/N-ethyl adjacent to an activating group) is 1. The molecular formula is C11H10N2O2. The summed E-state index contributed by atoms with van der Waals surface area (Å²) in [5.74, 6) is 0. The Morgan fingerprint density at radius 1 is 1.33 bits per heavy atom. The quantitative estimate of drug-likeness (QED) is 0.518. The van der Waals surface area contributed by atoms with E-state index in [9.17, 15) is 10.1 Å². The number of fused-ring (bicyclic) bond motifs is 1. The fourth-order valence-corrected chi connectivity index (χ4v) is 1.60. The third-order valence-corrected chi connectivity index (χ3v) is 2.36. The summed E-state index contributed by atoms with van der Waals surface area (Å²) < 4.78 is 0. The molecule has 2 rings (SSSR count). The van der Waals surface area contributed by atoms with Gasteiger partial charge >= 0.3 is 0 Å². The molecule has 1 aromatic carbocycles. The topological polar surface area (TPSA) is 46.4 Å². The van der Waals surface area contributed by atoms with Crippen LogP contribution in [0.25, 0.3) is 6.08 Å². The molecule has 1 aliphatic heterocycles. The molecule has 4 heteroatoms. The number of benzene rings is 1. The van der Waals surface area contributed by atoms with Gasteiger partial charge in [0.05, 0.1) is 4.92 Å². The first-order chi connectivity index (χ1) is 7.18. The van der Waals surface area contributed by atoms with E-state index < -0.39 is 4.92 Å². The summed E-state index contributed by atoms with van der Waals surface area (Å²) in [7, 11) is 1.82. The van der Waals surface area contributed by atoms with Crippen molar-refractivity contribution in [3.8, 4) is 0 Å². The zero-order chi connectivity index (χ0) is 10.8. The lowest BCUT2D eigenvalue weighted by Crippen LogP contribution is -2.19. The maximum absolute atomic E-state index is 10.4. The number of nitro groups is 1. The fourth-order valence-electron chi connectivity index (χ4n) is 1.60. The van der Waals surface area contributed by atoms with E-state index in [-0.39, 0.29) is 0 Å². The Balaban J connectivity index is 2.46. The molecule has 0 spiro atoms. The minimum absolute atomic E-state index is 0.440. The third kappa shape index (κ3) is 1.74. The van der Waals surface area contributed by atoms with E-state index >= 15 is 0 Å². The molecule has 1 heterocycles. The van der Waals surface area contributed by atoms with Crippen molar-refractivity contribution in [2.24, 2.45) is 0 Å². The number of rotatable bonds is 1. The molecule has 0 saturated heterocycles. The van der Waals surface area contributed by atoms with Gasteiger partial charge in [-0.3, -0.25) is 10.1 Å². The molecule has 0 N–H and O–H groups in total.